The Labute approximate surface area is 108 Å². The van der Waals surface area contributed by atoms with E-state index in [2.05, 4.69) is 19.0 Å². The monoisotopic (exact) mass is 254 g/mol. The molecule has 1 saturated heterocycles. The van der Waals surface area contributed by atoms with Crippen LogP contribution in [0.15, 0.2) is 5.16 Å². The van der Waals surface area contributed by atoms with Crippen molar-refractivity contribution < 1.29 is 14.4 Å². The van der Waals surface area contributed by atoms with Gasteiger partial charge in [0.2, 0.25) is 6.10 Å². The van der Waals surface area contributed by atoms with Crippen molar-refractivity contribution in [1.82, 2.24) is 4.90 Å². The van der Waals surface area contributed by atoms with Crippen LogP contribution >= 0.6 is 0 Å². The Bertz CT molecular complexity index is 350. The molecule has 1 amide bonds. The molecule has 0 aromatic rings. The number of oxime groups is 1. The van der Waals surface area contributed by atoms with Crippen molar-refractivity contribution in [2.24, 2.45) is 5.16 Å². The number of ether oxygens (including phenoxy) is 1. The van der Waals surface area contributed by atoms with E-state index >= 15 is 0 Å². The van der Waals surface area contributed by atoms with E-state index in [4.69, 9.17) is 9.57 Å². The molecule has 1 atom stereocenters. The molecule has 0 radical (unpaired) electrons. The lowest BCUT2D eigenvalue weighted by atomic mass is 9.94. The summed E-state index contributed by atoms with van der Waals surface area (Å²) in [4.78, 5) is 19.4. The summed E-state index contributed by atoms with van der Waals surface area (Å²) < 4.78 is 5.86. The molecule has 0 N–H and O–H groups in total. The lowest BCUT2D eigenvalue weighted by molar-refractivity contribution is -0.161. The highest BCUT2D eigenvalue weighted by atomic mass is 16.6. The molecule has 2 aliphatic rings. The first-order valence-corrected chi connectivity index (χ1v) is 6.72. The van der Waals surface area contributed by atoms with Crippen LogP contribution in [0.3, 0.4) is 0 Å². The molecule has 0 aliphatic carbocycles. The zero-order valence-electron chi connectivity index (χ0n) is 11.4. The summed E-state index contributed by atoms with van der Waals surface area (Å²) in [6.45, 7) is 8.03. The van der Waals surface area contributed by atoms with Gasteiger partial charge in [-0.3, -0.25) is 4.79 Å². The highest BCUT2D eigenvalue weighted by Gasteiger charge is 2.39. The smallest absolute Gasteiger partial charge is 0.267 e. The highest BCUT2D eigenvalue weighted by Crippen LogP contribution is 2.26. The molecule has 2 aliphatic heterocycles. The number of rotatable bonds is 3. The van der Waals surface area contributed by atoms with Crippen LogP contribution in [0.4, 0.5) is 0 Å². The van der Waals surface area contributed by atoms with Gasteiger partial charge >= 0.3 is 0 Å². The van der Waals surface area contributed by atoms with Gasteiger partial charge in [0.05, 0.1) is 17.9 Å². The molecular weight excluding hydrogens is 232 g/mol. The fourth-order valence-electron chi connectivity index (χ4n) is 2.54. The van der Waals surface area contributed by atoms with E-state index < -0.39 is 6.10 Å². The Morgan fingerprint density at radius 1 is 1.50 bits per heavy atom. The molecule has 0 bridgehead atoms. The molecule has 1 fully saturated rings. The maximum absolute atomic E-state index is 12.3. The van der Waals surface area contributed by atoms with Crippen LogP contribution in [0.2, 0.25) is 0 Å². The molecular formula is C13H22N2O3. The van der Waals surface area contributed by atoms with Gasteiger partial charge in [0.15, 0.2) is 0 Å². The minimum Gasteiger partial charge on any atom is -0.382 e. The third kappa shape index (κ3) is 2.51. The zero-order chi connectivity index (χ0) is 13.2. The average molecular weight is 254 g/mol. The number of carbonyl (C=O) groups is 1. The van der Waals surface area contributed by atoms with Crippen LogP contribution in [-0.2, 0) is 14.4 Å². The predicted octanol–water partition coefficient (Wildman–Crippen LogP) is 1.57. The van der Waals surface area contributed by atoms with Crippen LogP contribution in [0.5, 0.6) is 0 Å². The van der Waals surface area contributed by atoms with Crippen LogP contribution in [0, 0.1) is 0 Å². The van der Waals surface area contributed by atoms with Crippen molar-refractivity contribution in [3.8, 4) is 0 Å². The Balaban J connectivity index is 1.98. The predicted molar refractivity (Wildman–Crippen MR) is 68.4 cm³/mol. The quantitative estimate of drug-likeness (QED) is 0.768. The number of amides is 1. The number of hydrogen-bond donors (Lipinski definition) is 0. The van der Waals surface area contributed by atoms with Crippen molar-refractivity contribution in [2.45, 2.75) is 51.7 Å². The van der Waals surface area contributed by atoms with Gasteiger partial charge in [0, 0.05) is 19.5 Å². The van der Waals surface area contributed by atoms with E-state index in [9.17, 15) is 4.79 Å². The molecule has 5 heteroatoms. The molecule has 0 aromatic heterocycles. The van der Waals surface area contributed by atoms with Gasteiger partial charge in [0.1, 0.15) is 0 Å². The lowest BCUT2D eigenvalue weighted by Crippen LogP contribution is -2.55. The second kappa shape index (κ2) is 5.26. The van der Waals surface area contributed by atoms with Crippen molar-refractivity contribution in [3.05, 3.63) is 0 Å². The summed E-state index contributed by atoms with van der Waals surface area (Å²) in [7, 11) is 0. The van der Waals surface area contributed by atoms with Crippen molar-refractivity contribution in [3.63, 3.8) is 0 Å². The van der Waals surface area contributed by atoms with E-state index in [-0.39, 0.29) is 11.5 Å². The third-order valence-corrected chi connectivity index (χ3v) is 3.94. The first-order chi connectivity index (χ1) is 8.60. The normalized spacial score (nSPS) is 26.7. The first kappa shape index (κ1) is 13.3. The summed E-state index contributed by atoms with van der Waals surface area (Å²) in [5, 5.41) is 3.85. The van der Waals surface area contributed by atoms with Crippen LogP contribution in [0.1, 0.15) is 40.0 Å². The van der Waals surface area contributed by atoms with Gasteiger partial charge in [-0.15, -0.1) is 0 Å². The van der Waals surface area contributed by atoms with Crippen molar-refractivity contribution in [2.75, 3.05) is 19.7 Å². The van der Waals surface area contributed by atoms with E-state index in [1.165, 1.54) is 0 Å². The Morgan fingerprint density at radius 2 is 2.22 bits per heavy atom. The zero-order valence-corrected chi connectivity index (χ0v) is 11.4. The maximum atomic E-state index is 12.3. The molecule has 5 nitrogen and oxygen atoms in total. The molecule has 0 saturated carbocycles. The molecule has 2 heterocycles. The Morgan fingerprint density at radius 3 is 2.78 bits per heavy atom. The van der Waals surface area contributed by atoms with Gasteiger partial charge in [0.25, 0.3) is 5.91 Å². The number of nitrogens with zero attached hydrogens (tertiary/aromatic N) is 2. The standard InChI is InChI=1S/C13H22N2O3/c1-4-13(5-2)9-15(6-7-17-13)12(16)11-8-10(3)14-18-11/h11H,4-9H2,1-3H3/t11-/m1/s1. The minimum atomic E-state index is -0.422. The molecule has 0 aromatic carbocycles. The van der Waals surface area contributed by atoms with Crippen molar-refractivity contribution in [1.29, 1.82) is 0 Å². The van der Waals surface area contributed by atoms with E-state index in [0.29, 0.717) is 26.1 Å². The second-order valence-corrected chi connectivity index (χ2v) is 5.12. The van der Waals surface area contributed by atoms with E-state index in [1.807, 2.05) is 11.8 Å². The Hall–Kier alpha value is -1.10. The molecule has 2 rings (SSSR count). The number of carbonyl (C=O) groups excluding carboxylic acids is 1. The summed E-state index contributed by atoms with van der Waals surface area (Å²) in [5.74, 6) is 0.0465. The molecule has 0 unspecified atom stereocenters. The number of hydrogen-bond acceptors (Lipinski definition) is 4. The second-order valence-electron chi connectivity index (χ2n) is 5.12. The van der Waals surface area contributed by atoms with Gasteiger partial charge in [-0.05, 0) is 19.8 Å². The highest BCUT2D eigenvalue weighted by molar-refractivity contribution is 5.91. The van der Waals surface area contributed by atoms with Crippen LogP contribution in [-0.4, -0.2) is 47.9 Å². The fourth-order valence-corrected chi connectivity index (χ4v) is 2.54. The van der Waals surface area contributed by atoms with Gasteiger partial charge in [-0.1, -0.05) is 19.0 Å². The van der Waals surface area contributed by atoms with Crippen LogP contribution in [0.25, 0.3) is 0 Å². The summed E-state index contributed by atoms with van der Waals surface area (Å²) in [6.07, 6.45) is 2.04. The SMILES string of the molecule is CCC1(CC)CN(C(=O)[C@H]2CC(C)=NO2)CCO1. The average Bonchev–Trinajstić information content (AvgIpc) is 2.84. The topological polar surface area (TPSA) is 51.1 Å². The van der Waals surface area contributed by atoms with Gasteiger partial charge < -0.3 is 14.5 Å². The summed E-state index contributed by atoms with van der Waals surface area (Å²) >= 11 is 0. The van der Waals surface area contributed by atoms with Crippen molar-refractivity contribution >= 4 is 11.6 Å². The largest absolute Gasteiger partial charge is 0.382 e. The molecule has 102 valence electrons. The van der Waals surface area contributed by atoms with Gasteiger partial charge in [-0.25, -0.2) is 0 Å². The summed E-state index contributed by atoms with van der Waals surface area (Å²) in [6, 6.07) is 0. The van der Waals surface area contributed by atoms with E-state index in [1.54, 1.807) is 0 Å². The molecule has 18 heavy (non-hydrogen) atoms. The van der Waals surface area contributed by atoms with Gasteiger partial charge in [-0.2, -0.15) is 0 Å². The summed E-state index contributed by atoms with van der Waals surface area (Å²) in [5.41, 5.74) is 0.710. The van der Waals surface area contributed by atoms with Crippen LogP contribution < -0.4 is 0 Å². The third-order valence-electron chi connectivity index (χ3n) is 3.94. The Kier molecular flexibility index (Phi) is 3.90. The minimum absolute atomic E-state index is 0.0465. The first-order valence-electron chi connectivity index (χ1n) is 6.72. The molecule has 0 spiro atoms. The fraction of sp³-hybridized carbons (Fsp3) is 0.846. The van der Waals surface area contributed by atoms with E-state index in [0.717, 1.165) is 18.6 Å². The lowest BCUT2D eigenvalue weighted by Gasteiger charge is -2.42. The maximum Gasteiger partial charge on any atom is 0.267 e. The number of morpholine rings is 1.